The molecule has 8 heteroatoms. The van der Waals surface area contributed by atoms with Crippen molar-refractivity contribution < 1.29 is 40.9 Å². The van der Waals surface area contributed by atoms with Gasteiger partial charge in [-0.15, -0.1) is 0 Å². The monoisotopic (exact) mass is 829 g/mol. The lowest BCUT2D eigenvalue weighted by atomic mass is 9.88. The third kappa shape index (κ3) is 26.5. The minimum Gasteiger partial charge on any atom is -0.396 e. The molecule has 0 aromatic heterocycles. The van der Waals surface area contributed by atoms with E-state index in [0.29, 0.717) is 51.4 Å². The standard InChI is InChI=1S/C26H46O4.C26H30O4/c2*27-17-9-1-5-13-23-21-25(15-7-3-11-19-29)26(16-8-4-12-20-30)22-24(23)14-6-2-10-18-28/h21-22,27-30H,1-20H2;21-22,27-30H,1-4,9-12,17-20H2. The molecule has 8 nitrogen and oxygen atoms in total. The van der Waals surface area contributed by atoms with Crippen molar-refractivity contribution in [2.24, 2.45) is 0 Å². The first kappa shape index (κ1) is 54.4. The third-order valence-corrected chi connectivity index (χ3v) is 9.83. The predicted molar refractivity (Wildman–Crippen MR) is 244 cm³/mol. The highest BCUT2D eigenvalue weighted by Crippen LogP contribution is 2.25. The Morgan fingerprint density at radius 2 is 0.467 bits per heavy atom. The van der Waals surface area contributed by atoms with E-state index in [2.05, 4.69) is 59.5 Å². The first-order valence-corrected chi connectivity index (χ1v) is 22.7. The molecule has 0 spiro atoms. The molecule has 0 unspecified atom stereocenters. The third-order valence-electron chi connectivity index (χ3n) is 9.83. The van der Waals surface area contributed by atoms with Crippen LogP contribution in [0.4, 0.5) is 0 Å². The summed E-state index contributed by atoms with van der Waals surface area (Å²) in [5, 5.41) is 72.1. The number of rotatable bonds is 28. The zero-order valence-corrected chi connectivity index (χ0v) is 36.5. The van der Waals surface area contributed by atoms with Crippen molar-refractivity contribution >= 4 is 0 Å². The Balaban J connectivity index is 0.000000600. The SMILES string of the molecule is OCCCC#Cc1cc(C#CCCCO)c(C#CCCCO)cc1C#CCCCO.OCCCCCc1cc(CCCCCO)c(CCCCCO)cc1CCCCCO. The smallest absolute Gasteiger partial charge is 0.0440 e. The van der Waals surface area contributed by atoms with E-state index < -0.39 is 0 Å². The zero-order valence-electron chi connectivity index (χ0n) is 36.5. The van der Waals surface area contributed by atoms with Gasteiger partial charge in [0.05, 0.1) is 0 Å². The first-order chi connectivity index (χ1) is 29.5. The van der Waals surface area contributed by atoms with Crippen LogP contribution in [0.25, 0.3) is 0 Å². The molecule has 332 valence electrons. The van der Waals surface area contributed by atoms with Crippen molar-refractivity contribution in [3.05, 3.63) is 68.8 Å². The summed E-state index contributed by atoms with van der Waals surface area (Å²) >= 11 is 0. The van der Waals surface area contributed by atoms with Gasteiger partial charge in [0.2, 0.25) is 0 Å². The molecule has 0 saturated carbocycles. The van der Waals surface area contributed by atoms with Gasteiger partial charge < -0.3 is 40.9 Å². The largest absolute Gasteiger partial charge is 0.396 e. The molecule has 2 aromatic carbocycles. The van der Waals surface area contributed by atoms with Gasteiger partial charge in [-0.2, -0.15) is 0 Å². The van der Waals surface area contributed by atoms with E-state index in [0.717, 1.165) is 125 Å². The molecular formula is C52H76O8. The maximum atomic E-state index is 9.07. The fourth-order valence-electron chi connectivity index (χ4n) is 6.45. The van der Waals surface area contributed by atoms with Gasteiger partial charge in [-0.25, -0.2) is 0 Å². The molecule has 2 rings (SSSR count). The lowest BCUT2D eigenvalue weighted by Crippen LogP contribution is -2.04. The Labute approximate surface area is 362 Å². The lowest BCUT2D eigenvalue weighted by Gasteiger charge is -2.17. The summed E-state index contributed by atoms with van der Waals surface area (Å²) in [6.45, 7) is 1.51. The fourth-order valence-corrected chi connectivity index (χ4v) is 6.45. The molecule has 0 aliphatic rings. The van der Waals surface area contributed by atoms with Crippen LogP contribution in [-0.2, 0) is 25.7 Å². The molecular weight excluding hydrogens is 753 g/mol. The van der Waals surface area contributed by atoms with E-state index >= 15 is 0 Å². The van der Waals surface area contributed by atoms with Crippen LogP contribution in [0, 0.1) is 47.4 Å². The minimum atomic E-state index is 0.104. The average molecular weight is 829 g/mol. The molecule has 2 aromatic rings. The number of hydrogen-bond donors (Lipinski definition) is 8. The lowest BCUT2D eigenvalue weighted by molar-refractivity contribution is 0.282. The van der Waals surface area contributed by atoms with E-state index in [9.17, 15) is 0 Å². The van der Waals surface area contributed by atoms with Gasteiger partial charge in [0.1, 0.15) is 0 Å². The van der Waals surface area contributed by atoms with Crippen LogP contribution in [0.1, 0.15) is 173 Å². The van der Waals surface area contributed by atoms with Crippen LogP contribution in [0.5, 0.6) is 0 Å². The van der Waals surface area contributed by atoms with Crippen molar-refractivity contribution in [3.63, 3.8) is 0 Å². The number of aliphatic hydroxyl groups excluding tert-OH is 8. The number of aryl methyl sites for hydroxylation is 4. The maximum Gasteiger partial charge on any atom is 0.0440 e. The van der Waals surface area contributed by atoms with Crippen molar-refractivity contribution in [3.8, 4) is 47.4 Å². The van der Waals surface area contributed by atoms with Crippen LogP contribution >= 0.6 is 0 Å². The second kappa shape index (κ2) is 39.5. The average Bonchev–Trinajstić information content (AvgIpc) is 3.26. The summed E-state index contributed by atoms with van der Waals surface area (Å²) in [6, 6.07) is 8.68. The summed E-state index contributed by atoms with van der Waals surface area (Å²) in [5.74, 6) is 24.8. The molecule has 0 radical (unpaired) electrons. The molecule has 0 fully saturated rings. The van der Waals surface area contributed by atoms with Crippen molar-refractivity contribution in [1.82, 2.24) is 0 Å². The molecule has 0 aliphatic heterocycles. The summed E-state index contributed by atoms with van der Waals surface area (Å²) < 4.78 is 0. The van der Waals surface area contributed by atoms with Gasteiger partial charge in [-0.1, -0.05) is 85.2 Å². The van der Waals surface area contributed by atoms with Crippen LogP contribution in [0.2, 0.25) is 0 Å². The summed E-state index contributed by atoms with van der Waals surface area (Å²) in [6.07, 6.45) is 21.4. The van der Waals surface area contributed by atoms with Gasteiger partial charge in [0, 0.05) is 101 Å². The fraction of sp³-hybridized carbons (Fsp3) is 0.615. The first-order valence-electron chi connectivity index (χ1n) is 22.7. The topological polar surface area (TPSA) is 162 Å². The van der Waals surface area contributed by atoms with E-state index in [1.54, 1.807) is 0 Å². The highest BCUT2D eigenvalue weighted by Gasteiger charge is 2.11. The molecule has 8 N–H and O–H groups in total. The predicted octanol–water partition coefficient (Wildman–Crippen LogP) is 6.69. The molecule has 60 heavy (non-hydrogen) atoms. The molecule has 0 heterocycles. The number of benzene rings is 2. The van der Waals surface area contributed by atoms with E-state index in [1.165, 1.54) is 22.3 Å². The van der Waals surface area contributed by atoms with Crippen LogP contribution < -0.4 is 0 Å². The zero-order chi connectivity index (χ0) is 43.7. The summed E-state index contributed by atoms with van der Waals surface area (Å²) in [5.41, 5.74) is 8.91. The summed E-state index contributed by atoms with van der Waals surface area (Å²) in [4.78, 5) is 0. The van der Waals surface area contributed by atoms with Crippen LogP contribution in [0.15, 0.2) is 24.3 Å². The number of aliphatic hydroxyl groups is 8. The number of unbranched alkanes of at least 4 members (excludes halogenated alkanes) is 12. The Kier molecular flexibility index (Phi) is 35.8. The van der Waals surface area contributed by atoms with Crippen LogP contribution in [-0.4, -0.2) is 93.7 Å². The molecule has 0 aliphatic carbocycles. The molecule has 0 atom stereocenters. The van der Waals surface area contributed by atoms with Gasteiger partial charge >= 0.3 is 0 Å². The second-order valence-electron chi connectivity index (χ2n) is 15.0. The van der Waals surface area contributed by atoms with E-state index in [-0.39, 0.29) is 52.9 Å². The van der Waals surface area contributed by atoms with Gasteiger partial charge in [-0.3, -0.25) is 0 Å². The number of hydrogen-bond acceptors (Lipinski definition) is 8. The quantitative estimate of drug-likeness (QED) is 0.0348. The Morgan fingerprint density at radius 1 is 0.250 bits per heavy atom. The second-order valence-corrected chi connectivity index (χ2v) is 15.0. The minimum absolute atomic E-state index is 0.104. The normalized spacial score (nSPS) is 10.3. The van der Waals surface area contributed by atoms with Crippen molar-refractivity contribution in [1.29, 1.82) is 0 Å². The summed E-state index contributed by atoms with van der Waals surface area (Å²) in [7, 11) is 0. The van der Waals surface area contributed by atoms with Crippen LogP contribution in [0.3, 0.4) is 0 Å². The van der Waals surface area contributed by atoms with Crippen molar-refractivity contribution in [2.75, 3.05) is 52.9 Å². The highest BCUT2D eigenvalue weighted by atomic mass is 16.3. The van der Waals surface area contributed by atoms with Gasteiger partial charge in [0.25, 0.3) is 0 Å². The molecule has 0 bridgehead atoms. The Hall–Kier alpha value is -3.64. The van der Waals surface area contributed by atoms with Gasteiger partial charge in [0.15, 0.2) is 0 Å². The van der Waals surface area contributed by atoms with Gasteiger partial charge in [-0.05, 0) is 137 Å². The van der Waals surface area contributed by atoms with E-state index in [4.69, 9.17) is 40.9 Å². The molecule has 0 amide bonds. The van der Waals surface area contributed by atoms with E-state index in [1.807, 2.05) is 12.1 Å². The Bertz CT molecular complexity index is 1420. The Morgan fingerprint density at radius 3 is 0.667 bits per heavy atom. The highest BCUT2D eigenvalue weighted by molar-refractivity contribution is 5.61. The van der Waals surface area contributed by atoms with Crippen molar-refractivity contribution in [2.45, 2.75) is 154 Å². The maximum absolute atomic E-state index is 9.07. The molecule has 0 saturated heterocycles.